The normalized spacial score (nSPS) is 14.5. The van der Waals surface area contributed by atoms with Gasteiger partial charge in [0.1, 0.15) is 17.8 Å². The Kier molecular flexibility index (Phi) is 9.26. The molecule has 1 unspecified atom stereocenters. The topological polar surface area (TPSA) is 88.1 Å². The molecule has 1 heterocycles. The Balaban J connectivity index is 1.46. The largest absolute Gasteiger partial charge is 0.483 e. The van der Waals surface area contributed by atoms with Gasteiger partial charge in [-0.2, -0.15) is 0 Å². The van der Waals surface area contributed by atoms with E-state index in [1.54, 1.807) is 12.3 Å². The fourth-order valence-corrected chi connectivity index (χ4v) is 5.24. The van der Waals surface area contributed by atoms with E-state index in [4.69, 9.17) is 21.1 Å². The number of aliphatic carboxylic acids is 1. The molecule has 0 aromatic heterocycles. The first-order valence-electron chi connectivity index (χ1n) is 14.4. The third-order valence-electron chi connectivity index (χ3n) is 6.98. The smallest absolute Gasteiger partial charge is 0.407 e. The second-order valence-electron chi connectivity index (χ2n) is 11.7. The Bertz CT molecular complexity index is 1660. The van der Waals surface area contributed by atoms with Crippen molar-refractivity contribution >= 4 is 29.4 Å². The highest BCUT2D eigenvalue weighted by atomic mass is 35.5. The number of carboxylic acid groups (broad SMARTS) is 1. The number of benzene rings is 4. The van der Waals surface area contributed by atoms with E-state index < -0.39 is 23.8 Å². The van der Waals surface area contributed by atoms with Gasteiger partial charge in [-0.3, -0.25) is 4.79 Å². The summed E-state index contributed by atoms with van der Waals surface area (Å²) in [4.78, 5) is 26.1. The maximum Gasteiger partial charge on any atom is 0.407 e. The number of ether oxygens (including phenoxy) is 2. The molecular weight excluding hydrogens is 576 g/mol. The van der Waals surface area contributed by atoms with E-state index >= 15 is 0 Å². The van der Waals surface area contributed by atoms with E-state index in [2.05, 4.69) is 41.7 Å². The molecule has 44 heavy (non-hydrogen) atoms. The second kappa shape index (κ2) is 13.3. The quantitative estimate of drug-likeness (QED) is 0.208. The minimum absolute atomic E-state index is 0.256. The fraction of sp³-hybridized carbons (Fsp3) is 0.222. The highest BCUT2D eigenvalue weighted by Crippen LogP contribution is 2.41. The van der Waals surface area contributed by atoms with Crippen molar-refractivity contribution in [1.82, 2.24) is 5.32 Å². The molecule has 0 radical (unpaired) electrons. The van der Waals surface area contributed by atoms with Crippen molar-refractivity contribution in [3.63, 3.8) is 0 Å². The molecule has 2 N–H and O–H groups in total. The fourth-order valence-electron chi connectivity index (χ4n) is 5.08. The van der Waals surface area contributed by atoms with Crippen molar-refractivity contribution in [2.75, 3.05) is 4.90 Å². The average molecular weight is 611 g/mol. The monoisotopic (exact) mass is 610 g/mol. The minimum Gasteiger partial charge on any atom is -0.483 e. The first-order valence-corrected chi connectivity index (χ1v) is 14.8. The number of hydrogen-bond acceptors (Lipinski definition) is 5. The summed E-state index contributed by atoms with van der Waals surface area (Å²) in [7, 11) is 0. The van der Waals surface area contributed by atoms with Crippen LogP contribution in [0.1, 0.15) is 55.5 Å². The van der Waals surface area contributed by atoms with E-state index in [0.29, 0.717) is 17.3 Å². The van der Waals surface area contributed by atoms with Crippen LogP contribution >= 0.6 is 11.6 Å². The second-order valence-corrected chi connectivity index (χ2v) is 12.1. The van der Waals surface area contributed by atoms with Gasteiger partial charge in [0.25, 0.3) is 0 Å². The van der Waals surface area contributed by atoms with Gasteiger partial charge in [-0.15, -0.1) is 0 Å². The van der Waals surface area contributed by atoms with Crippen molar-refractivity contribution < 1.29 is 24.2 Å². The van der Waals surface area contributed by atoms with Crippen LogP contribution in [-0.2, 0) is 27.4 Å². The maximum atomic E-state index is 12.2. The van der Waals surface area contributed by atoms with E-state index in [0.717, 1.165) is 39.1 Å². The standard InChI is InChI=1S/C36H35ClN2O5/c1-36(2,3)44-35(42)38-21-25-8-7-11-28(18-25)34-31-17-16-29(37)19-32(31)39(23-30(43-34)20-33(40)41)22-24-12-14-27(15-13-24)26-9-5-4-6-10-26/h4-19,23,34H,20-22H2,1-3H3,(H,38,42)(H,40,41). The molecule has 1 amide bonds. The van der Waals surface area contributed by atoms with Gasteiger partial charge >= 0.3 is 12.1 Å². The Hall–Kier alpha value is -4.75. The van der Waals surface area contributed by atoms with Crippen LogP contribution in [0.4, 0.5) is 10.5 Å². The van der Waals surface area contributed by atoms with E-state index in [1.165, 1.54) is 0 Å². The van der Waals surface area contributed by atoms with Crippen molar-refractivity contribution in [1.29, 1.82) is 0 Å². The van der Waals surface area contributed by atoms with Crippen LogP contribution in [-0.4, -0.2) is 22.8 Å². The minimum atomic E-state index is -0.999. The van der Waals surface area contributed by atoms with Crippen LogP contribution in [0.5, 0.6) is 0 Å². The highest BCUT2D eigenvalue weighted by Gasteiger charge is 2.28. The van der Waals surface area contributed by atoms with Gasteiger partial charge in [-0.05, 0) is 66.8 Å². The SMILES string of the molecule is CC(C)(C)OC(=O)NCc1cccc(C2OC(CC(=O)O)=CN(Cc3ccc(-c4ccccc4)cc3)c3cc(Cl)ccc32)c1. The van der Waals surface area contributed by atoms with Gasteiger partial charge in [0.2, 0.25) is 0 Å². The van der Waals surface area contributed by atoms with Gasteiger partial charge < -0.3 is 24.8 Å². The van der Waals surface area contributed by atoms with Crippen LogP contribution in [0.25, 0.3) is 11.1 Å². The number of alkyl carbamates (subject to hydrolysis) is 1. The molecule has 226 valence electrons. The third-order valence-corrected chi connectivity index (χ3v) is 7.22. The van der Waals surface area contributed by atoms with Crippen molar-refractivity contribution in [3.05, 3.63) is 136 Å². The number of anilines is 1. The number of fused-ring (bicyclic) bond motifs is 1. The molecule has 0 saturated carbocycles. The Morgan fingerprint density at radius 1 is 0.909 bits per heavy atom. The molecule has 0 fully saturated rings. The average Bonchev–Trinajstić information content (AvgIpc) is 3.12. The van der Waals surface area contributed by atoms with Crippen LogP contribution in [0.2, 0.25) is 5.02 Å². The zero-order chi connectivity index (χ0) is 31.3. The van der Waals surface area contributed by atoms with Crippen molar-refractivity contribution in [2.45, 2.75) is 52.0 Å². The molecule has 0 bridgehead atoms. The molecule has 1 atom stereocenters. The molecule has 7 nitrogen and oxygen atoms in total. The van der Waals surface area contributed by atoms with Crippen LogP contribution in [0.15, 0.2) is 109 Å². The Morgan fingerprint density at radius 3 is 2.34 bits per heavy atom. The Labute approximate surface area is 262 Å². The Morgan fingerprint density at radius 2 is 1.64 bits per heavy atom. The molecule has 0 aliphatic carbocycles. The lowest BCUT2D eigenvalue weighted by atomic mass is 9.97. The first-order chi connectivity index (χ1) is 21.0. The number of halogens is 1. The van der Waals surface area contributed by atoms with Crippen molar-refractivity contribution in [3.8, 4) is 11.1 Å². The predicted octanol–water partition coefficient (Wildman–Crippen LogP) is 8.47. The third kappa shape index (κ3) is 7.99. The van der Waals surface area contributed by atoms with Crippen LogP contribution < -0.4 is 10.2 Å². The summed E-state index contributed by atoms with van der Waals surface area (Å²) >= 11 is 6.51. The molecule has 1 aliphatic heterocycles. The molecule has 4 aromatic rings. The maximum absolute atomic E-state index is 12.2. The van der Waals surface area contributed by atoms with E-state index in [9.17, 15) is 14.7 Å². The molecule has 5 rings (SSSR count). The lowest BCUT2D eigenvalue weighted by Crippen LogP contribution is -2.32. The number of rotatable bonds is 8. The van der Waals surface area contributed by atoms with E-state index in [-0.39, 0.29) is 13.0 Å². The lowest BCUT2D eigenvalue weighted by molar-refractivity contribution is -0.137. The summed E-state index contributed by atoms with van der Waals surface area (Å²) in [6.07, 6.45) is 0.344. The lowest BCUT2D eigenvalue weighted by Gasteiger charge is -2.24. The molecule has 8 heteroatoms. The number of nitrogens with one attached hydrogen (secondary N) is 1. The highest BCUT2D eigenvalue weighted by molar-refractivity contribution is 6.30. The van der Waals surface area contributed by atoms with E-state index in [1.807, 2.05) is 80.3 Å². The predicted molar refractivity (Wildman–Crippen MR) is 172 cm³/mol. The summed E-state index contributed by atoms with van der Waals surface area (Å²) < 4.78 is 11.8. The summed E-state index contributed by atoms with van der Waals surface area (Å²) in [5, 5.41) is 13.1. The van der Waals surface area contributed by atoms with Crippen LogP contribution in [0, 0.1) is 0 Å². The molecule has 1 aliphatic rings. The zero-order valence-corrected chi connectivity index (χ0v) is 25.7. The van der Waals surface area contributed by atoms with Crippen LogP contribution in [0.3, 0.4) is 0 Å². The molecular formula is C36H35ClN2O5. The number of amides is 1. The summed E-state index contributed by atoms with van der Waals surface area (Å²) in [5.74, 6) is -0.686. The summed E-state index contributed by atoms with van der Waals surface area (Å²) in [6, 6.07) is 31.7. The van der Waals surface area contributed by atoms with Gasteiger partial charge in [0, 0.05) is 35.6 Å². The van der Waals surface area contributed by atoms with Gasteiger partial charge in [0.05, 0.1) is 0 Å². The molecule has 4 aromatic carbocycles. The number of carbonyl (C=O) groups is 2. The number of nitrogens with zero attached hydrogens (tertiary/aromatic N) is 1. The van der Waals surface area contributed by atoms with Crippen molar-refractivity contribution in [2.24, 2.45) is 0 Å². The first kappa shape index (κ1) is 30.7. The summed E-state index contributed by atoms with van der Waals surface area (Å²) in [5.41, 5.74) is 5.98. The van der Waals surface area contributed by atoms with Gasteiger partial charge in [-0.1, -0.05) is 90.5 Å². The molecule has 0 spiro atoms. The number of hydrogen-bond donors (Lipinski definition) is 2. The zero-order valence-electron chi connectivity index (χ0n) is 24.9. The number of carbonyl (C=O) groups excluding carboxylic acids is 1. The van der Waals surface area contributed by atoms with Gasteiger partial charge in [-0.25, -0.2) is 4.79 Å². The van der Waals surface area contributed by atoms with Gasteiger partial charge in [0.15, 0.2) is 6.10 Å². The number of carboxylic acids is 1. The summed E-state index contributed by atoms with van der Waals surface area (Å²) in [6.45, 7) is 6.16. The molecule has 0 saturated heterocycles.